The first kappa shape index (κ1) is 22.2. The van der Waals surface area contributed by atoms with Crippen LogP contribution in [0.3, 0.4) is 0 Å². The lowest BCUT2D eigenvalue weighted by Crippen LogP contribution is -2.36. The van der Waals surface area contributed by atoms with Crippen molar-refractivity contribution in [2.75, 3.05) is 36.2 Å². The second kappa shape index (κ2) is 8.94. The fourth-order valence-corrected chi connectivity index (χ4v) is 3.74. The minimum Gasteiger partial charge on any atom is -0.363 e. The highest BCUT2D eigenvalue weighted by Crippen LogP contribution is 2.35. The molecule has 1 saturated heterocycles. The van der Waals surface area contributed by atoms with Crippen LogP contribution in [0.4, 0.5) is 32.0 Å². The van der Waals surface area contributed by atoms with Crippen molar-refractivity contribution in [1.29, 1.82) is 5.26 Å². The molecule has 0 atom stereocenters. The Morgan fingerprint density at radius 1 is 1.25 bits per heavy atom. The topological polar surface area (TPSA) is 47.3 Å². The number of anilines is 1. The van der Waals surface area contributed by atoms with E-state index in [0.717, 1.165) is 22.8 Å². The summed E-state index contributed by atoms with van der Waals surface area (Å²) in [7, 11) is 0. The summed E-state index contributed by atoms with van der Waals surface area (Å²) < 4.78 is 78.0. The maximum absolute atomic E-state index is 13.1. The van der Waals surface area contributed by atoms with Crippen molar-refractivity contribution in [2.24, 2.45) is 0 Å². The number of nitriles is 1. The highest BCUT2D eigenvalue weighted by Gasteiger charge is 2.36. The SMILES string of the molecule is N#Cc1ccc(N(CCCC(=O)N2CCSC2)CC(F)(F)F)cc1C(F)(F)F. The average molecular weight is 425 g/mol. The van der Waals surface area contributed by atoms with Crippen molar-refractivity contribution in [3.63, 3.8) is 0 Å². The Balaban J connectivity index is 2.16. The van der Waals surface area contributed by atoms with E-state index in [1.165, 1.54) is 6.07 Å². The molecule has 11 heteroatoms. The zero-order chi connectivity index (χ0) is 20.9. The summed E-state index contributed by atoms with van der Waals surface area (Å²) in [5.74, 6) is 1.15. The number of amides is 1. The van der Waals surface area contributed by atoms with Gasteiger partial charge >= 0.3 is 12.4 Å². The van der Waals surface area contributed by atoms with Crippen LogP contribution in [-0.4, -0.2) is 48.2 Å². The highest BCUT2D eigenvalue weighted by atomic mass is 32.2. The van der Waals surface area contributed by atoms with Crippen molar-refractivity contribution in [1.82, 2.24) is 4.90 Å². The molecule has 1 heterocycles. The Hall–Kier alpha value is -2.09. The smallest absolute Gasteiger partial charge is 0.363 e. The van der Waals surface area contributed by atoms with E-state index < -0.39 is 30.0 Å². The normalized spacial score (nSPS) is 14.8. The van der Waals surface area contributed by atoms with E-state index in [2.05, 4.69) is 0 Å². The van der Waals surface area contributed by atoms with Gasteiger partial charge < -0.3 is 9.80 Å². The van der Waals surface area contributed by atoms with Crippen molar-refractivity contribution < 1.29 is 31.1 Å². The van der Waals surface area contributed by atoms with Gasteiger partial charge in [0, 0.05) is 31.0 Å². The second-order valence-corrected chi connectivity index (χ2v) is 7.25. The minimum absolute atomic E-state index is 0.0112. The van der Waals surface area contributed by atoms with Gasteiger partial charge in [0.15, 0.2) is 0 Å². The van der Waals surface area contributed by atoms with Gasteiger partial charge in [-0.3, -0.25) is 4.79 Å². The lowest BCUT2D eigenvalue weighted by molar-refractivity contribution is -0.137. The molecular formula is C17H17F6N3OS. The van der Waals surface area contributed by atoms with Gasteiger partial charge in [0.2, 0.25) is 5.91 Å². The number of thioether (sulfide) groups is 1. The third-order valence-electron chi connectivity index (χ3n) is 4.09. The maximum Gasteiger partial charge on any atom is 0.417 e. The average Bonchev–Trinajstić information content (AvgIpc) is 3.13. The van der Waals surface area contributed by atoms with E-state index in [0.29, 0.717) is 18.5 Å². The Bertz CT molecular complexity index is 738. The zero-order valence-corrected chi connectivity index (χ0v) is 15.4. The summed E-state index contributed by atoms with van der Waals surface area (Å²) in [5.41, 5.74) is -2.25. The zero-order valence-electron chi connectivity index (χ0n) is 14.6. The largest absolute Gasteiger partial charge is 0.417 e. The van der Waals surface area contributed by atoms with Crippen LogP contribution in [0.15, 0.2) is 18.2 Å². The molecule has 0 radical (unpaired) electrons. The summed E-state index contributed by atoms with van der Waals surface area (Å²) >= 11 is 1.58. The third kappa shape index (κ3) is 6.22. The summed E-state index contributed by atoms with van der Waals surface area (Å²) in [6, 6.07) is 3.85. The fraction of sp³-hybridized carbons (Fsp3) is 0.529. The first-order valence-electron chi connectivity index (χ1n) is 8.30. The van der Waals surface area contributed by atoms with E-state index >= 15 is 0 Å². The number of carbonyl (C=O) groups is 1. The summed E-state index contributed by atoms with van der Waals surface area (Å²) in [4.78, 5) is 14.4. The van der Waals surface area contributed by atoms with E-state index in [1.807, 2.05) is 0 Å². The fourth-order valence-electron chi connectivity index (χ4n) is 2.77. The summed E-state index contributed by atoms with van der Waals surface area (Å²) in [5, 5.41) is 8.82. The van der Waals surface area contributed by atoms with Gasteiger partial charge in [-0.05, 0) is 24.6 Å². The molecule has 0 N–H and O–H groups in total. The van der Waals surface area contributed by atoms with Gasteiger partial charge in [0.25, 0.3) is 0 Å². The molecule has 0 spiro atoms. The molecule has 154 valence electrons. The predicted octanol–water partition coefficient (Wildman–Crippen LogP) is 4.26. The number of hydrogen-bond acceptors (Lipinski definition) is 4. The Labute approximate surface area is 162 Å². The second-order valence-electron chi connectivity index (χ2n) is 6.17. The van der Waals surface area contributed by atoms with Crippen LogP contribution in [-0.2, 0) is 11.0 Å². The molecule has 1 aliphatic heterocycles. The standard InChI is InChI=1S/C17H17F6N3OS/c18-16(19,20)10-25(5-1-2-15(27)26-6-7-28-11-26)13-4-3-12(9-24)14(8-13)17(21,22)23/h3-4,8H,1-2,5-7,10-11H2. The van der Waals surface area contributed by atoms with Crippen LogP contribution < -0.4 is 4.90 Å². The molecule has 0 aromatic heterocycles. The van der Waals surface area contributed by atoms with E-state index in [4.69, 9.17) is 5.26 Å². The van der Waals surface area contributed by atoms with Crippen LogP contribution in [0, 0.1) is 11.3 Å². The van der Waals surface area contributed by atoms with Gasteiger partial charge in [-0.25, -0.2) is 0 Å². The maximum atomic E-state index is 13.1. The van der Waals surface area contributed by atoms with Crippen LogP contribution >= 0.6 is 11.8 Å². The van der Waals surface area contributed by atoms with Crippen molar-refractivity contribution in [3.05, 3.63) is 29.3 Å². The van der Waals surface area contributed by atoms with Gasteiger partial charge in [0.05, 0.1) is 23.1 Å². The molecule has 2 rings (SSSR count). The molecule has 1 amide bonds. The van der Waals surface area contributed by atoms with Gasteiger partial charge in [-0.1, -0.05) is 0 Å². The number of halogens is 6. The first-order valence-corrected chi connectivity index (χ1v) is 9.45. The van der Waals surface area contributed by atoms with Crippen molar-refractivity contribution in [2.45, 2.75) is 25.2 Å². The monoisotopic (exact) mass is 425 g/mol. The van der Waals surface area contributed by atoms with Gasteiger partial charge in [-0.15, -0.1) is 11.8 Å². The van der Waals surface area contributed by atoms with Gasteiger partial charge in [-0.2, -0.15) is 31.6 Å². The summed E-state index contributed by atoms with van der Waals surface area (Å²) in [6.07, 6.45) is -9.43. The molecule has 4 nitrogen and oxygen atoms in total. The molecule has 0 aliphatic carbocycles. The molecule has 1 fully saturated rings. The molecule has 0 saturated carbocycles. The number of carbonyl (C=O) groups excluding carboxylic acids is 1. The minimum atomic E-state index is -4.87. The Morgan fingerprint density at radius 2 is 1.96 bits per heavy atom. The van der Waals surface area contributed by atoms with Crippen LogP contribution in [0.1, 0.15) is 24.0 Å². The number of hydrogen-bond donors (Lipinski definition) is 0. The molecule has 1 aliphatic rings. The molecule has 1 aromatic carbocycles. The molecule has 1 aromatic rings. The highest BCUT2D eigenvalue weighted by molar-refractivity contribution is 7.99. The quantitative estimate of drug-likeness (QED) is 0.639. The number of alkyl halides is 6. The first-order chi connectivity index (χ1) is 13.0. The molecular weight excluding hydrogens is 408 g/mol. The number of rotatable bonds is 6. The van der Waals surface area contributed by atoms with Crippen molar-refractivity contribution in [3.8, 4) is 6.07 Å². The van der Waals surface area contributed by atoms with Crippen LogP contribution in [0.5, 0.6) is 0 Å². The Morgan fingerprint density at radius 3 is 2.50 bits per heavy atom. The van der Waals surface area contributed by atoms with E-state index in [-0.39, 0.29) is 31.0 Å². The lowest BCUT2D eigenvalue weighted by Gasteiger charge is -2.27. The van der Waals surface area contributed by atoms with Gasteiger partial charge in [0.1, 0.15) is 6.54 Å². The molecule has 28 heavy (non-hydrogen) atoms. The summed E-state index contributed by atoms with van der Waals surface area (Å²) in [6.45, 7) is -1.11. The third-order valence-corrected chi connectivity index (χ3v) is 5.05. The number of benzene rings is 1. The number of nitrogens with zero attached hydrogens (tertiary/aromatic N) is 3. The van der Waals surface area contributed by atoms with E-state index in [9.17, 15) is 31.1 Å². The lowest BCUT2D eigenvalue weighted by atomic mass is 10.1. The molecule has 0 unspecified atom stereocenters. The van der Waals surface area contributed by atoms with Crippen molar-refractivity contribution >= 4 is 23.4 Å². The van der Waals surface area contributed by atoms with Crippen LogP contribution in [0.25, 0.3) is 0 Å². The van der Waals surface area contributed by atoms with E-state index in [1.54, 1.807) is 16.7 Å². The predicted molar refractivity (Wildman–Crippen MR) is 92.7 cm³/mol. The Kier molecular flexibility index (Phi) is 7.09. The van der Waals surface area contributed by atoms with Crippen LogP contribution in [0.2, 0.25) is 0 Å². The molecule has 0 bridgehead atoms.